The van der Waals surface area contributed by atoms with Crippen LogP contribution in [0.25, 0.3) is 16.9 Å². The van der Waals surface area contributed by atoms with E-state index in [1.54, 1.807) is 12.1 Å². The molecule has 1 aliphatic rings. The lowest BCUT2D eigenvalue weighted by Crippen LogP contribution is -2.27. The van der Waals surface area contributed by atoms with E-state index in [1.807, 2.05) is 16.8 Å². The van der Waals surface area contributed by atoms with Crippen molar-refractivity contribution in [2.24, 2.45) is 5.73 Å². The molecule has 25 heavy (non-hydrogen) atoms. The largest absolute Gasteiger partial charge is 0.370 e. The van der Waals surface area contributed by atoms with Crippen molar-refractivity contribution in [3.8, 4) is 11.3 Å². The lowest BCUT2D eigenvalue weighted by atomic mass is 10.1. The van der Waals surface area contributed by atoms with Crippen LogP contribution in [0.2, 0.25) is 0 Å². The van der Waals surface area contributed by atoms with Crippen molar-refractivity contribution >= 4 is 17.2 Å². The van der Waals surface area contributed by atoms with Crippen LogP contribution in [0.3, 0.4) is 0 Å². The molecule has 0 saturated carbocycles. The Bertz CT molecular complexity index is 892. The van der Waals surface area contributed by atoms with Crippen LogP contribution in [0, 0.1) is 0 Å². The predicted octanol–water partition coefficient (Wildman–Crippen LogP) is 1.90. The first-order valence-corrected chi connectivity index (χ1v) is 8.56. The number of nitrogens with zero attached hydrogens (tertiary/aromatic N) is 3. The molecule has 128 valence electrons. The van der Waals surface area contributed by atoms with Crippen molar-refractivity contribution in [2.75, 3.05) is 31.1 Å². The van der Waals surface area contributed by atoms with Gasteiger partial charge < -0.3 is 20.4 Å². The molecular weight excluding hydrogens is 314 g/mol. The molecule has 3 heterocycles. The number of imidazole rings is 1. The molecule has 1 aromatic carbocycles. The van der Waals surface area contributed by atoms with Gasteiger partial charge in [-0.1, -0.05) is 12.1 Å². The summed E-state index contributed by atoms with van der Waals surface area (Å²) in [6, 6.07) is 11.9. The molecule has 1 fully saturated rings. The minimum atomic E-state index is -0.465. The van der Waals surface area contributed by atoms with E-state index in [9.17, 15) is 4.79 Å². The molecule has 6 nitrogen and oxygen atoms in total. The van der Waals surface area contributed by atoms with Crippen LogP contribution in [0.5, 0.6) is 0 Å². The third-order valence-corrected chi connectivity index (χ3v) is 4.62. The average molecular weight is 335 g/mol. The van der Waals surface area contributed by atoms with Gasteiger partial charge >= 0.3 is 0 Å². The molecule has 3 N–H and O–H groups in total. The maximum atomic E-state index is 11.6. The summed E-state index contributed by atoms with van der Waals surface area (Å²) in [5.41, 5.74) is 9.55. The summed E-state index contributed by atoms with van der Waals surface area (Å²) < 4.78 is 1.84. The van der Waals surface area contributed by atoms with Crippen LogP contribution >= 0.6 is 0 Å². The fourth-order valence-electron chi connectivity index (χ4n) is 3.29. The maximum absolute atomic E-state index is 11.6. The van der Waals surface area contributed by atoms with E-state index < -0.39 is 5.91 Å². The van der Waals surface area contributed by atoms with Crippen LogP contribution in [-0.2, 0) is 0 Å². The van der Waals surface area contributed by atoms with Crippen LogP contribution in [0.4, 0.5) is 5.69 Å². The first-order valence-electron chi connectivity index (χ1n) is 8.56. The number of nitrogens with one attached hydrogen (secondary N) is 1. The molecule has 4 rings (SSSR count). The number of rotatable bonds is 3. The molecule has 1 aliphatic heterocycles. The molecule has 0 radical (unpaired) electrons. The Hall–Kier alpha value is -2.86. The number of carbonyl (C=O) groups is 1. The van der Waals surface area contributed by atoms with Gasteiger partial charge in [0.2, 0.25) is 0 Å². The quantitative estimate of drug-likeness (QED) is 0.766. The summed E-state index contributed by atoms with van der Waals surface area (Å²) >= 11 is 0. The van der Waals surface area contributed by atoms with Gasteiger partial charge in [-0.05, 0) is 37.2 Å². The fourth-order valence-corrected chi connectivity index (χ4v) is 3.29. The topological polar surface area (TPSA) is 75.7 Å². The standard InChI is InChI=1S/C19H21N5O/c20-18(25)16-3-1-10-24-13-17(22-19(16)24)14-4-6-15(7-5-14)23-11-2-8-21-9-12-23/h1,3-7,10,13,21H,2,8-9,11-12H2,(H2,20,25). The molecule has 0 bridgehead atoms. The number of aromatic nitrogens is 2. The Balaban J connectivity index is 1.65. The van der Waals surface area contributed by atoms with Gasteiger partial charge in [-0.25, -0.2) is 4.98 Å². The maximum Gasteiger partial charge on any atom is 0.252 e. The number of hydrogen-bond donors (Lipinski definition) is 2. The number of benzene rings is 1. The van der Waals surface area contributed by atoms with Gasteiger partial charge in [0.1, 0.15) is 5.65 Å². The van der Waals surface area contributed by atoms with Gasteiger partial charge in [0.15, 0.2) is 0 Å². The van der Waals surface area contributed by atoms with Crippen LogP contribution in [-0.4, -0.2) is 41.5 Å². The van der Waals surface area contributed by atoms with Crippen molar-refractivity contribution < 1.29 is 4.79 Å². The van der Waals surface area contributed by atoms with Crippen molar-refractivity contribution in [2.45, 2.75) is 6.42 Å². The first-order chi connectivity index (χ1) is 12.2. The number of pyridine rings is 1. The third kappa shape index (κ3) is 3.08. The highest BCUT2D eigenvalue weighted by atomic mass is 16.1. The van der Waals surface area contributed by atoms with Gasteiger partial charge in [-0.3, -0.25) is 4.79 Å². The van der Waals surface area contributed by atoms with Crippen molar-refractivity contribution in [3.05, 3.63) is 54.4 Å². The Kier molecular flexibility index (Phi) is 4.11. The Morgan fingerprint density at radius 2 is 1.96 bits per heavy atom. The van der Waals surface area contributed by atoms with Crippen LogP contribution in [0.1, 0.15) is 16.8 Å². The Morgan fingerprint density at radius 1 is 1.12 bits per heavy atom. The number of amides is 1. The molecule has 0 spiro atoms. The highest BCUT2D eigenvalue weighted by Crippen LogP contribution is 2.24. The van der Waals surface area contributed by atoms with E-state index in [1.165, 1.54) is 5.69 Å². The number of nitrogens with two attached hydrogens (primary N) is 1. The molecular formula is C19H21N5O. The smallest absolute Gasteiger partial charge is 0.252 e. The van der Waals surface area contributed by atoms with E-state index in [0.29, 0.717) is 11.2 Å². The highest BCUT2D eigenvalue weighted by Gasteiger charge is 2.13. The van der Waals surface area contributed by atoms with E-state index in [2.05, 4.69) is 39.5 Å². The summed E-state index contributed by atoms with van der Waals surface area (Å²) in [5, 5.41) is 3.42. The molecule has 6 heteroatoms. The van der Waals surface area contributed by atoms with Crippen LogP contribution < -0.4 is 16.0 Å². The zero-order valence-electron chi connectivity index (χ0n) is 14.0. The summed E-state index contributed by atoms with van der Waals surface area (Å²) in [5.74, 6) is -0.465. The first kappa shape index (κ1) is 15.7. The summed E-state index contributed by atoms with van der Waals surface area (Å²) in [6.07, 6.45) is 4.95. The zero-order chi connectivity index (χ0) is 17.2. The van der Waals surface area contributed by atoms with E-state index in [-0.39, 0.29) is 0 Å². The lowest BCUT2D eigenvalue weighted by Gasteiger charge is -2.22. The normalized spacial score (nSPS) is 15.3. The summed E-state index contributed by atoms with van der Waals surface area (Å²) in [7, 11) is 0. The summed E-state index contributed by atoms with van der Waals surface area (Å²) in [4.78, 5) is 18.6. The molecule has 3 aromatic rings. The zero-order valence-corrected chi connectivity index (χ0v) is 14.0. The molecule has 0 aliphatic carbocycles. The number of primary amides is 1. The molecule has 1 saturated heterocycles. The molecule has 1 amide bonds. The second kappa shape index (κ2) is 6.57. The Labute approximate surface area is 146 Å². The molecule has 0 atom stereocenters. The number of fused-ring (bicyclic) bond motifs is 1. The van der Waals surface area contributed by atoms with Crippen molar-refractivity contribution in [3.63, 3.8) is 0 Å². The SMILES string of the molecule is NC(=O)c1cccn2cc(-c3ccc(N4CCCNCC4)cc3)nc12. The van der Waals surface area contributed by atoms with Crippen molar-refractivity contribution in [1.29, 1.82) is 0 Å². The highest BCUT2D eigenvalue weighted by molar-refractivity contribution is 5.98. The van der Waals surface area contributed by atoms with E-state index in [0.717, 1.165) is 43.9 Å². The van der Waals surface area contributed by atoms with E-state index >= 15 is 0 Å². The van der Waals surface area contributed by atoms with Gasteiger partial charge in [-0.2, -0.15) is 0 Å². The third-order valence-electron chi connectivity index (χ3n) is 4.62. The second-order valence-electron chi connectivity index (χ2n) is 6.28. The average Bonchev–Trinajstić information content (AvgIpc) is 2.88. The van der Waals surface area contributed by atoms with Gasteiger partial charge in [0.05, 0.1) is 11.3 Å². The summed E-state index contributed by atoms with van der Waals surface area (Å²) in [6.45, 7) is 4.19. The van der Waals surface area contributed by atoms with E-state index in [4.69, 9.17) is 5.73 Å². The monoisotopic (exact) mass is 335 g/mol. The fraction of sp³-hybridized carbons (Fsp3) is 0.263. The van der Waals surface area contributed by atoms with Crippen molar-refractivity contribution in [1.82, 2.24) is 14.7 Å². The lowest BCUT2D eigenvalue weighted by molar-refractivity contribution is 0.100. The Morgan fingerprint density at radius 3 is 2.76 bits per heavy atom. The van der Waals surface area contributed by atoms with Gasteiger partial charge in [0, 0.05) is 43.3 Å². The second-order valence-corrected chi connectivity index (χ2v) is 6.28. The molecule has 0 unspecified atom stereocenters. The minimum Gasteiger partial charge on any atom is -0.370 e. The number of hydrogen-bond acceptors (Lipinski definition) is 4. The number of carbonyl (C=O) groups excluding carboxylic acids is 1. The van der Waals surface area contributed by atoms with Gasteiger partial charge in [-0.15, -0.1) is 0 Å². The van der Waals surface area contributed by atoms with Crippen LogP contribution in [0.15, 0.2) is 48.8 Å². The minimum absolute atomic E-state index is 0.433. The predicted molar refractivity (Wildman–Crippen MR) is 98.8 cm³/mol. The molecule has 2 aromatic heterocycles. The number of anilines is 1. The van der Waals surface area contributed by atoms with Gasteiger partial charge in [0.25, 0.3) is 5.91 Å².